The lowest BCUT2D eigenvalue weighted by atomic mass is 10.1. The molecule has 0 spiro atoms. The van der Waals surface area contributed by atoms with Crippen LogP contribution in [-0.2, 0) is 0 Å². The van der Waals surface area contributed by atoms with Crippen molar-refractivity contribution in [1.82, 2.24) is 0 Å². The molecule has 0 amide bonds. The fourth-order valence-electron chi connectivity index (χ4n) is 2.44. The third-order valence-electron chi connectivity index (χ3n) is 3.93. The summed E-state index contributed by atoms with van der Waals surface area (Å²) in [7, 11) is 4.10. The molecule has 0 aliphatic carbocycles. The molecule has 0 saturated heterocycles. The van der Waals surface area contributed by atoms with Gasteiger partial charge in [0.2, 0.25) is 0 Å². The summed E-state index contributed by atoms with van der Waals surface area (Å²) >= 11 is 0. The molecule has 124 valence electrons. The zero-order chi connectivity index (χ0) is 17.5. The van der Waals surface area contributed by atoms with Gasteiger partial charge < -0.3 is 4.90 Å². The molecule has 3 aromatic rings. The molecule has 0 aliphatic heterocycles. The molecular weight excluding hydrogens is 304 g/mol. The molecule has 0 aliphatic rings. The number of anilines is 1. The van der Waals surface area contributed by atoms with Crippen molar-refractivity contribution in [2.45, 2.75) is 0 Å². The van der Waals surface area contributed by atoms with E-state index in [0.717, 1.165) is 16.8 Å². The lowest BCUT2D eigenvalue weighted by molar-refractivity contribution is 1.13. The maximum atomic E-state index is 4.51. The summed E-state index contributed by atoms with van der Waals surface area (Å²) in [5.74, 6) is 0. The maximum Gasteiger partial charge on any atom is 0.0630 e. The predicted molar refractivity (Wildman–Crippen MR) is 110 cm³/mol. The van der Waals surface area contributed by atoms with Gasteiger partial charge in [0, 0.05) is 26.0 Å². The highest BCUT2D eigenvalue weighted by molar-refractivity contribution is 5.82. The molecule has 3 rings (SSSR count). The summed E-state index contributed by atoms with van der Waals surface area (Å²) < 4.78 is 0. The maximum absolute atomic E-state index is 4.51. The first-order chi connectivity index (χ1) is 12.2. The van der Waals surface area contributed by atoms with Crippen LogP contribution in [0.4, 0.5) is 11.4 Å². The van der Waals surface area contributed by atoms with Crippen LogP contribution < -0.4 is 4.90 Å². The van der Waals surface area contributed by atoms with E-state index in [9.17, 15) is 0 Å². The van der Waals surface area contributed by atoms with Crippen LogP contribution >= 0.6 is 0 Å². The summed E-state index contributed by atoms with van der Waals surface area (Å²) in [6.07, 6.45) is 6.13. The molecule has 0 saturated carbocycles. The van der Waals surface area contributed by atoms with Crippen LogP contribution in [0.2, 0.25) is 0 Å². The van der Waals surface area contributed by atoms with Crippen molar-refractivity contribution in [3.05, 3.63) is 95.6 Å². The van der Waals surface area contributed by atoms with E-state index in [1.165, 1.54) is 11.3 Å². The number of hydrogen-bond donors (Lipinski definition) is 0. The molecule has 25 heavy (non-hydrogen) atoms. The van der Waals surface area contributed by atoms with Gasteiger partial charge >= 0.3 is 0 Å². The highest BCUT2D eigenvalue weighted by Crippen LogP contribution is 2.17. The van der Waals surface area contributed by atoms with Crippen molar-refractivity contribution >= 4 is 29.7 Å². The van der Waals surface area contributed by atoms with E-state index in [1.54, 1.807) is 0 Å². The smallest absolute Gasteiger partial charge is 0.0630 e. The minimum atomic E-state index is 0.955. The van der Waals surface area contributed by atoms with Gasteiger partial charge in [-0.25, -0.2) is 0 Å². The van der Waals surface area contributed by atoms with Crippen molar-refractivity contribution < 1.29 is 0 Å². The second-order valence-electron chi connectivity index (χ2n) is 6.08. The van der Waals surface area contributed by atoms with Crippen LogP contribution in [0.3, 0.4) is 0 Å². The third-order valence-corrected chi connectivity index (χ3v) is 3.93. The first-order valence-corrected chi connectivity index (χ1v) is 8.35. The highest BCUT2D eigenvalue weighted by atomic mass is 15.1. The van der Waals surface area contributed by atoms with E-state index in [4.69, 9.17) is 0 Å². The van der Waals surface area contributed by atoms with E-state index < -0.39 is 0 Å². The van der Waals surface area contributed by atoms with Crippen LogP contribution in [0.25, 0.3) is 12.2 Å². The standard InChI is InChI=1S/C23H22N2/c1-25(2)23-16-12-20(13-17-23)9-8-19-10-14-22(15-11-19)24-18-21-6-4-3-5-7-21/h3-18H,1-2H3/b9-8+,24-18?. The average molecular weight is 326 g/mol. The molecule has 0 heterocycles. The molecule has 0 bridgehead atoms. The Balaban J connectivity index is 1.65. The summed E-state index contributed by atoms with van der Waals surface area (Å²) in [5, 5.41) is 0. The minimum absolute atomic E-state index is 0.955. The first kappa shape index (κ1) is 16.7. The van der Waals surface area contributed by atoms with Gasteiger partial charge in [0.25, 0.3) is 0 Å². The van der Waals surface area contributed by atoms with Gasteiger partial charge in [-0.1, -0.05) is 66.7 Å². The second kappa shape index (κ2) is 8.11. The summed E-state index contributed by atoms with van der Waals surface area (Å²) in [4.78, 5) is 6.61. The molecule has 3 aromatic carbocycles. The summed E-state index contributed by atoms with van der Waals surface area (Å²) in [6.45, 7) is 0. The van der Waals surface area contributed by atoms with Gasteiger partial charge in [0.05, 0.1) is 5.69 Å². The van der Waals surface area contributed by atoms with Crippen molar-refractivity contribution in [2.75, 3.05) is 19.0 Å². The quantitative estimate of drug-likeness (QED) is 0.435. The molecule has 2 heteroatoms. The number of hydrogen-bond acceptors (Lipinski definition) is 2. The lowest BCUT2D eigenvalue weighted by Gasteiger charge is -2.11. The third kappa shape index (κ3) is 4.92. The molecule has 0 aromatic heterocycles. The predicted octanol–water partition coefficient (Wildman–Crippen LogP) is 5.67. The van der Waals surface area contributed by atoms with Crippen molar-refractivity contribution in [2.24, 2.45) is 4.99 Å². The number of benzene rings is 3. The Morgan fingerprint density at radius 3 is 1.76 bits per heavy atom. The molecule has 0 fully saturated rings. The second-order valence-corrected chi connectivity index (χ2v) is 6.08. The van der Waals surface area contributed by atoms with Gasteiger partial charge in [-0.3, -0.25) is 4.99 Å². The number of rotatable bonds is 5. The monoisotopic (exact) mass is 326 g/mol. The van der Waals surface area contributed by atoms with Crippen molar-refractivity contribution in [3.63, 3.8) is 0 Å². The number of aliphatic imine (C=N–C) groups is 1. The van der Waals surface area contributed by atoms with E-state index >= 15 is 0 Å². The zero-order valence-corrected chi connectivity index (χ0v) is 14.6. The molecule has 0 radical (unpaired) electrons. The molecule has 2 nitrogen and oxygen atoms in total. The van der Waals surface area contributed by atoms with Crippen LogP contribution in [0.1, 0.15) is 16.7 Å². The van der Waals surface area contributed by atoms with Gasteiger partial charge in [0.1, 0.15) is 0 Å². The minimum Gasteiger partial charge on any atom is -0.378 e. The fraction of sp³-hybridized carbons (Fsp3) is 0.0870. The largest absolute Gasteiger partial charge is 0.378 e. The van der Waals surface area contributed by atoms with Crippen LogP contribution in [0.5, 0.6) is 0 Å². The van der Waals surface area contributed by atoms with Crippen LogP contribution in [-0.4, -0.2) is 20.3 Å². The Morgan fingerprint density at radius 1 is 0.640 bits per heavy atom. The van der Waals surface area contributed by atoms with Crippen molar-refractivity contribution in [1.29, 1.82) is 0 Å². The van der Waals surface area contributed by atoms with E-state index in [1.807, 2.05) is 62.8 Å². The highest BCUT2D eigenvalue weighted by Gasteiger charge is 1.94. The Labute approximate surface area is 149 Å². The zero-order valence-electron chi connectivity index (χ0n) is 14.6. The van der Waals surface area contributed by atoms with Crippen LogP contribution in [0.15, 0.2) is 83.9 Å². The number of nitrogens with zero attached hydrogens (tertiary/aromatic N) is 2. The molecule has 0 atom stereocenters. The summed E-state index contributed by atoms with van der Waals surface area (Å²) in [6, 6.07) is 26.9. The summed E-state index contributed by atoms with van der Waals surface area (Å²) in [5.41, 5.74) is 5.62. The van der Waals surface area contributed by atoms with Gasteiger partial charge in [-0.05, 0) is 41.0 Å². The first-order valence-electron chi connectivity index (χ1n) is 8.35. The molecule has 0 N–H and O–H groups in total. The van der Waals surface area contributed by atoms with E-state index in [-0.39, 0.29) is 0 Å². The van der Waals surface area contributed by atoms with Crippen LogP contribution in [0, 0.1) is 0 Å². The SMILES string of the molecule is CN(C)c1ccc(/C=C/c2ccc(N=Cc3ccccc3)cc2)cc1. The fourth-order valence-corrected chi connectivity index (χ4v) is 2.44. The Kier molecular flexibility index (Phi) is 5.43. The average Bonchev–Trinajstić information content (AvgIpc) is 2.67. The Hall–Kier alpha value is -3.13. The molecular formula is C23H22N2. The van der Waals surface area contributed by atoms with Gasteiger partial charge in [0.15, 0.2) is 0 Å². The molecule has 0 unspecified atom stereocenters. The Morgan fingerprint density at radius 2 is 1.20 bits per heavy atom. The van der Waals surface area contributed by atoms with Gasteiger partial charge in [-0.2, -0.15) is 0 Å². The Bertz CT molecular complexity index is 843. The van der Waals surface area contributed by atoms with E-state index in [2.05, 4.69) is 58.4 Å². The van der Waals surface area contributed by atoms with Crippen molar-refractivity contribution in [3.8, 4) is 0 Å². The normalized spacial score (nSPS) is 11.3. The van der Waals surface area contributed by atoms with E-state index in [0.29, 0.717) is 0 Å². The lowest BCUT2D eigenvalue weighted by Crippen LogP contribution is -2.07. The topological polar surface area (TPSA) is 15.6 Å². The van der Waals surface area contributed by atoms with Gasteiger partial charge in [-0.15, -0.1) is 0 Å².